The molecule has 0 N–H and O–H groups in total. The molecule has 0 saturated heterocycles. The van der Waals surface area contributed by atoms with E-state index >= 15 is 0 Å². The summed E-state index contributed by atoms with van der Waals surface area (Å²) in [6, 6.07) is 0. The normalized spacial score (nSPS) is 7.17. The van der Waals surface area contributed by atoms with Gasteiger partial charge >= 0.3 is 158 Å². The van der Waals surface area contributed by atoms with Crippen molar-refractivity contribution >= 4 is 178 Å². The number of rotatable bonds is 0. The molecule has 0 spiro atoms. The molecule has 15 radical (unpaired) electrons. The Bertz CT molecular complexity index is 156. The summed E-state index contributed by atoms with van der Waals surface area (Å²) in [5.41, 5.74) is 13.7. The van der Waals surface area contributed by atoms with Crippen LogP contribution < -0.4 is 0 Å². The van der Waals surface area contributed by atoms with Crippen molar-refractivity contribution in [1.82, 2.24) is 0 Å². The molecule has 12 heteroatoms. The summed E-state index contributed by atoms with van der Waals surface area (Å²) in [7, 11) is 0.722. The van der Waals surface area contributed by atoms with Crippen LogP contribution in [-0.2, 0) is 0 Å². The second kappa shape index (κ2) is 90.0. The minimum absolute atomic E-state index is 0. The molecule has 0 heterocycles. The van der Waals surface area contributed by atoms with Crippen molar-refractivity contribution in [2.75, 3.05) is 0 Å². The Morgan fingerprint density at radius 3 is 0.222 bits per heavy atom. The third kappa shape index (κ3) is 1850. The van der Waals surface area contributed by atoms with Gasteiger partial charge in [-0.05, 0) is 0 Å². The summed E-state index contributed by atoms with van der Waals surface area (Å²) in [5.74, 6) is 0. The van der Waals surface area contributed by atoms with Crippen LogP contribution in [0.5, 0.6) is 0 Å². The van der Waals surface area contributed by atoms with Gasteiger partial charge in [-0.25, -0.2) is 0 Å². The Hall–Kier alpha value is 5.66. The van der Waals surface area contributed by atoms with E-state index in [4.69, 9.17) is 0 Å². The zero-order valence-corrected chi connectivity index (χ0v) is 52.1. The summed E-state index contributed by atoms with van der Waals surface area (Å²) in [4.78, 5) is 0. The van der Waals surface area contributed by atoms with Crippen LogP contribution in [0.25, 0.3) is 0 Å². The fourth-order valence-corrected chi connectivity index (χ4v) is 0. The second-order valence-corrected chi connectivity index (χ2v) is 36.0. The Labute approximate surface area is 323 Å². The average Bonchev–Trinajstić information content (AvgIpc) is 2.44. The van der Waals surface area contributed by atoms with Crippen LogP contribution in [0.15, 0.2) is 0 Å². The molecule has 0 atom stereocenters. The van der Waals surface area contributed by atoms with Crippen molar-refractivity contribution in [1.29, 1.82) is 0 Å². The van der Waals surface area contributed by atoms with E-state index in [1.54, 1.807) is 0 Å². The van der Waals surface area contributed by atoms with E-state index in [-0.39, 0.29) is 126 Å². The van der Waals surface area contributed by atoms with E-state index in [1.165, 1.54) is 0 Å². The Morgan fingerprint density at radius 2 is 0.222 bits per heavy atom. The van der Waals surface area contributed by atoms with Gasteiger partial charge < -0.3 is 0 Å². The van der Waals surface area contributed by atoms with Gasteiger partial charge in [0.05, 0.1) is 0 Å². The number of hydrogen-bond donors (Lipinski definition) is 0. The monoisotopic (exact) mass is 1100 g/mol. The molecule has 219 valence electrons. The van der Waals surface area contributed by atoms with Gasteiger partial charge in [-0.1, -0.05) is 118 Å². The summed E-state index contributed by atoms with van der Waals surface area (Å²) >= 11 is 0.938. The first-order valence-electron chi connectivity index (χ1n) is 12.5. The molecule has 0 nitrogen and oxygen atoms in total. The van der Waals surface area contributed by atoms with Gasteiger partial charge in [0.2, 0.25) is 0 Å². The average molecular weight is 1110 g/mol. The molecule has 0 bridgehead atoms. The van der Waals surface area contributed by atoms with Gasteiger partial charge in [0, 0.05) is 52.8 Å². The molecule has 0 amide bonds. The Kier molecular flexibility index (Phi) is 196. The molecule has 0 unspecified atom stereocenters. The van der Waals surface area contributed by atoms with Crippen LogP contribution in [0.3, 0.4) is 0 Å². The van der Waals surface area contributed by atoms with Crippen molar-refractivity contribution in [2.45, 2.75) is 151 Å². The molecule has 0 aromatic carbocycles. The fraction of sp³-hybridized carbons (Fsp3) is 1.00. The van der Waals surface area contributed by atoms with Crippen LogP contribution in [0.1, 0.15) is 0 Å². The molecular formula is C24H75Ga3Sb3Si6. The molecule has 0 aliphatic carbocycles. The second-order valence-electron chi connectivity index (χ2n) is 10.7. The van der Waals surface area contributed by atoms with Gasteiger partial charge in [-0.2, -0.15) is 0 Å². The molecule has 0 aromatic heterocycles. The Balaban J connectivity index is -0.0000000179. The standard InChI is InChI=1S/6C3H9Si.6CH3.3Ga.3Sb.3H/c6*1-4(2)3;;;;;;;;;;;;;;;/h6*1-3H3;6*1H3;;;;;;;;;. The van der Waals surface area contributed by atoms with Crippen LogP contribution >= 0.6 is 0 Å². The molecule has 0 aliphatic rings. The molecular weight excluding hydrogens is 1030 g/mol. The molecule has 0 rings (SSSR count). The van der Waals surface area contributed by atoms with Crippen molar-refractivity contribution < 1.29 is 0 Å². The number of hydrogen-bond acceptors (Lipinski definition) is 0. The minimum atomic E-state index is 0. The van der Waals surface area contributed by atoms with Crippen molar-refractivity contribution in [3.63, 3.8) is 0 Å². The van der Waals surface area contributed by atoms with Crippen LogP contribution in [-0.4, -0.2) is 178 Å². The molecule has 0 aromatic rings. The molecule has 0 saturated carbocycles. The van der Waals surface area contributed by atoms with Gasteiger partial charge in [0.1, 0.15) is 0 Å². The molecule has 36 heavy (non-hydrogen) atoms. The van der Waals surface area contributed by atoms with Crippen molar-refractivity contribution in [3.05, 3.63) is 0 Å². The predicted molar refractivity (Wildman–Crippen MR) is 214 cm³/mol. The zero-order valence-electron chi connectivity index (χ0n) is 30.2. The molecule has 0 aliphatic heterocycles. The van der Waals surface area contributed by atoms with E-state index in [1.807, 2.05) is 0 Å². The molecule has 0 fully saturated rings. The summed E-state index contributed by atoms with van der Waals surface area (Å²) in [6.07, 6.45) is 0. The van der Waals surface area contributed by atoms with Gasteiger partial charge in [0.25, 0.3) is 0 Å². The van der Waals surface area contributed by atoms with Gasteiger partial charge in [-0.15, -0.1) is 0 Å². The van der Waals surface area contributed by atoms with E-state index < -0.39 is 0 Å². The third-order valence-corrected chi connectivity index (χ3v) is 0. The summed E-state index contributed by atoms with van der Waals surface area (Å²) < 4.78 is 0. The van der Waals surface area contributed by atoms with Crippen LogP contribution in [0.4, 0.5) is 0 Å². The predicted octanol–water partition coefficient (Wildman–Crippen LogP) is 8.64. The van der Waals surface area contributed by atoms with Crippen molar-refractivity contribution in [3.8, 4) is 0 Å². The van der Waals surface area contributed by atoms with Crippen molar-refractivity contribution in [2.24, 2.45) is 0 Å². The van der Waals surface area contributed by atoms with E-state index in [9.17, 15) is 0 Å². The van der Waals surface area contributed by atoms with Gasteiger partial charge in [0.15, 0.2) is 0 Å². The van der Waals surface area contributed by atoms with E-state index in [2.05, 4.69) is 151 Å². The van der Waals surface area contributed by atoms with Crippen LogP contribution in [0.2, 0.25) is 151 Å². The SMILES string of the molecule is C[Si](C)C.C[Si](C)C.C[Si](C)C.C[Si](C)C.C[Si](C)C.C[Si](C)C.[CH3][Ga][CH3].[CH3][Ga][CH3].[CH3][Ga][CH3].[SbH].[SbH].[SbH]. The topological polar surface area (TPSA) is 0 Å². The van der Waals surface area contributed by atoms with Crippen LogP contribution in [0, 0.1) is 0 Å². The first-order chi connectivity index (χ1) is 14.6. The maximum atomic E-state index is 2.28. The fourth-order valence-electron chi connectivity index (χ4n) is 0. The Morgan fingerprint density at radius 1 is 0.222 bits per heavy atom. The summed E-state index contributed by atoms with van der Waals surface area (Å²) in [6.45, 7) is 40.8. The third-order valence-electron chi connectivity index (χ3n) is 0. The van der Waals surface area contributed by atoms with E-state index in [0.29, 0.717) is 52.2 Å². The zero-order chi connectivity index (χ0) is 29.6. The summed E-state index contributed by atoms with van der Waals surface area (Å²) in [5, 5.41) is 0. The first-order valence-corrected chi connectivity index (χ1v) is 45.0. The first kappa shape index (κ1) is 78.3. The van der Waals surface area contributed by atoms with Gasteiger partial charge in [-0.3, -0.25) is 0 Å². The van der Waals surface area contributed by atoms with E-state index in [0.717, 1.165) is 0 Å². The maximum absolute atomic E-state index is 2.28. The quantitative estimate of drug-likeness (QED) is 0.214.